The van der Waals surface area contributed by atoms with E-state index in [0.717, 1.165) is 29.9 Å². The number of imidazole rings is 1. The van der Waals surface area contributed by atoms with E-state index in [1.807, 2.05) is 11.5 Å². The van der Waals surface area contributed by atoms with Crippen molar-refractivity contribution in [3.63, 3.8) is 0 Å². The fraction of sp³-hybridized carbons (Fsp3) is 0.417. The van der Waals surface area contributed by atoms with Crippen LogP contribution in [-0.4, -0.2) is 19.5 Å². The van der Waals surface area contributed by atoms with Gasteiger partial charge in [-0.1, -0.05) is 18.5 Å². The minimum absolute atomic E-state index is 0.524. The number of rotatable bonds is 3. The molecule has 0 spiro atoms. The van der Waals surface area contributed by atoms with Crippen LogP contribution in [0.25, 0.3) is 11.5 Å². The lowest BCUT2D eigenvalue weighted by molar-refractivity contribution is 0.762. The predicted octanol–water partition coefficient (Wildman–Crippen LogP) is 2.88. The number of nitrogens with zero attached hydrogens (tertiary/aromatic N) is 4. The lowest BCUT2D eigenvalue weighted by atomic mass is 10.2. The molecule has 0 saturated heterocycles. The van der Waals surface area contributed by atoms with E-state index < -0.39 is 0 Å². The Kier molecular flexibility index (Phi) is 3.43. The summed E-state index contributed by atoms with van der Waals surface area (Å²) in [6, 6.07) is 0. The van der Waals surface area contributed by atoms with Gasteiger partial charge in [0.25, 0.3) is 0 Å². The molecule has 5 heteroatoms. The molecule has 90 valence electrons. The van der Waals surface area contributed by atoms with E-state index in [2.05, 4.69) is 28.8 Å². The Morgan fingerprint density at radius 3 is 2.71 bits per heavy atom. The topological polar surface area (TPSA) is 43.6 Å². The summed E-state index contributed by atoms with van der Waals surface area (Å²) >= 11 is 6.13. The molecular formula is C12H15ClN4. The van der Waals surface area contributed by atoms with Gasteiger partial charge in [-0.2, -0.15) is 0 Å². The molecule has 2 heterocycles. The lowest BCUT2D eigenvalue weighted by Crippen LogP contribution is -2.03. The molecule has 0 bridgehead atoms. The summed E-state index contributed by atoms with van der Waals surface area (Å²) in [6.07, 6.45) is 4.39. The smallest absolute Gasteiger partial charge is 0.179 e. The summed E-state index contributed by atoms with van der Waals surface area (Å²) in [4.78, 5) is 13.0. The third kappa shape index (κ3) is 2.17. The van der Waals surface area contributed by atoms with Crippen LogP contribution in [0.15, 0.2) is 12.5 Å². The predicted molar refractivity (Wildman–Crippen MR) is 68.1 cm³/mol. The van der Waals surface area contributed by atoms with Crippen molar-refractivity contribution in [3.8, 4) is 11.5 Å². The molecule has 0 saturated carbocycles. The zero-order chi connectivity index (χ0) is 12.4. The molecule has 2 rings (SSSR count). The van der Waals surface area contributed by atoms with Crippen molar-refractivity contribution in [1.82, 2.24) is 19.5 Å². The van der Waals surface area contributed by atoms with Crippen molar-refractivity contribution < 1.29 is 0 Å². The van der Waals surface area contributed by atoms with Crippen LogP contribution in [0.1, 0.15) is 25.1 Å². The van der Waals surface area contributed by atoms with Crippen LogP contribution in [0.3, 0.4) is 0 Å². The highest BCUT2D eigenvalue weighted by Gasteiger charge is 2.12. The Labute approximate surface area is 106 Å². The molecule has 0 N–H and O–H groups in total. The van der Waals surface area contributed by atoms with Gasteiger partial charge in [-0.3, -0.25) is 0 Å². The van der Waals surface area contributed by atoms with Crippen LogP contribution in [0.4, 0.5) is 0 Å². The van der Waals surface area contributed by atoms with Crippen molar-refractivity contribution in [2.75, 3.05) is 0 Å². The molecule has 2 aromatic heterocycles. The first-order valence-corrected chi connectivity index (χ1v) is 6.08. The second-order valence-electron chi connectivity index (χ2n) is 3.83. The number of halogens is 1. The Balaban J connectivity index is 2.57. The summed E-state index contributed by atoms with van der Waals surface area (Å²) in [5.74, 6) is 0.650. The average molecular weight is 251 g/mol. The van der Waals surface area contributed by atoms with E-state index in [9.17, 15) is 0 Å². The third-order valence-electron chi connectivity index (χ3n) is 2.80. The summed E-state index contributed by atoms with van der Waals surface area (Å²) in [5, 5.41) is 0.524. The highest BCUT2D eigenvalue weighted by atomic mass is 35.5. The van der Waals surface area contributed by atoms with Gasteiger partial charge in [0.2, 0.25) is 0 Å². The maximum atomic E-state index is 6.13. The fourth-order valence-corrected chi connectivity index (χ4v) is 1.94. The van der Waals surface area contributed by atoms with Crippen LogP contribution in [-0.2, 0) is 13.0 Å². The quantitative estimate of drug-likeness (QED) is 0.787. The van der Waals surface area contributed by atoms with Gasteiger partial charge in [0.15, 0.2) is 5.82 Å². The van der Waals surface area contributed by atoms with E-state index in [4.69, 9.17) is 11.6 Å². The van der Waals surface area contributed by atoms with Crippen LogP contribution >= 0.6 is 11.6 Å². The first kappa shape index (κ1) is 12.0. The number of hydrogen-bond donors (Lipinski definition) is 0. The van der Waals surface area contributed by atoms with Crippen molar-refractivity contribution in [2.24, 2.45) is 0 Å². The Hall–Kier alpha value is -1.42. The largest absolute Gasteiger partial charge is 0.328 e. The molecule has 0 aliphatic rings. The van der Waals surface area contributed by atoms with Gasteiger partial charge in [-0.05, 0) is 20.3 Å². The number of hydrogen-bond acceptors (Lipinski definition) is 3. The molecule has 0 unspecified atom stereocenters. The number of aromatic nitrogens is 4. The summed E-state index contributed by atoms with van der Waals surface area (Å²) < 4.78 is 2.00. The molecule has 0 fully saturated rings. The summed E-state index contributed by atoms with van der Waals surface area (Å²) in [5.41, 5.74) is 2.86. The molecule has 0 atom stereocenters. The molecule has 2 aromatic rings. The Morgan fingerprint density at radius 1 is 1.29 bits per heavy atom. The van der Waals surface area contributed by atoms with Crippen molar-refractivity contribution in [1.29, 1.82) is 0 Å². The second kappa shape index (κ2) is 4.84. The zero-order valence-corrected chi connectivity index (χ0v) is 11.0. The maximum Gasteiger partial charge on any atom is 0.179 e. The van der Waals surface area contributed by atoms with Crippen LogP contribution in [0, 0.1) is 6.92 Å². The Bertz CT molecular complexity index is 533. The monoisotopic (exact) mass is 250 g/mol. The first-order valence-electron chi connectivity index (χ1n) is 5.70. The summed E-state index contributed by atoms with van der Waals surface area (Å²) in [7, 11) is 0. The normalized spacial score (nSPS) is 10.8. The van der Waals surface area contributed by atoms with Crippen molar-refractivity contribution in [3.05, 3.63) is 28.9 Å². The molecule has 0 radical (unpaired) electrons. The highest BCUT2D eigenvalue weighted by molar-refractivity contribution is 6.30. The van der Waals surface area contributed by atoms with Crippen LogP contribution in [0.2, 0.25) is 5.15 Å². The molecule has 0 aliphatic heterocycles. The summed E-state index contributed by atoms with van der Waals surface area (Å²) in [6.45, 7) is 6.90. The van der Waals surface area contributed by atoms with Gasteiger partial charge in [0.1, 0.15) is 10.8 Å². The minimum atomic E-state index is 0.524. The standard InChI is InChI=1S/C12H15ClN4/c1-4-9-8(3)11(13)16-12(15-9)10-6-14-7-17(10)5-2/h6-7H,4-5H2,1-3H3. The van der Waals surface area contributed by atoms with E-state index in [1.165, 1.54) is 0 Å². The Morgan fingerprint density at radius 2 is 2.06 bits per heavy atom. The fourth-order valence-electron chi connectivity index (χ4n) is 1.75. The van der Waals surface area contributed by atoms with E-state index in [1.54, 1.807) is 12.5 Å². The van der Waals surface area contributed by atoms with Crippen molar-refractivity contribution >= 4 is 11.6 Å². The molecule has 4 nitrogen and oxygen atoms in total. The van der Waals surface area contributed by atoms with Gasteiger partial charge >= 0.3 is 0 Å². The van der Waals surface area contributed by atoms with E-state index >= 15 is 0 Å². The third-order valence-corrected chi connectivity index (χ3v) is 3.17. The average Bonchev–Trinajstić information content (AvgIpc) is 2.80. The van der Waals surface area contributed by atoms with E-state index in [0.29, 0.717) is 11.0 Å². The number of aryl methyl sites for hydroxylation is 2. The van der Waals surface area contributed by atoms with Gasteiger partial charge in [-0.25, -0.2) is 15.0 Å². The minimum Gasteiger partial charge on any atom is -0.328 e. The second-order valence-corrected chi connectivity index (χ2v) is 4.19. The molecular weight excluding hydrogens is 236 g/mol. The van der Waals surface area contributed by atoms with Gasteiger partial charge in [0, 0.05) is 17.8 Å². The van der Waals surface area contributed by atoms with E-state index in [-0.39, 0.29) is 0 Å². The maximum absolute atomic E-state index is 6.13. The lowest BCUT2D eigenvalue weighted by Gasteiger charge is -2.08. The van der Waals surface area contributed by atoms with Crippen LogP contribution in [0.5, 0.6) is 0 Å². The van der Waals surface area contributed by atoms with Gasteiger partial charge in [0.05, 0.1) is 12.5 Å². The zero-order valence-electron chi connectivity index (χ0n) is 10.2. The molecule has 0 aliphatic carbocycles. The van der Waals surface area contributed by atoms with Crippen molar-refractivity contribution in [2.45, 2.75) is 33.7 Å². The first-order chi connectivity index (χ1) is 8.17. The van der Waals surface area contributed by atoms with Crippen LogP contribution < -0.4 is 0 Å². The SMILES string of the molecule is CCc1nc(-c2cncn2CC)nc(Cl)c1C. The molecule has 17 heavy (non-hydrogen) atoms. The highest BCUT2D eigenvalue weighted by Crippen LogP contribution is 2.22. The molecule has 0 aromatic carbocycles. The van der Waals surface area contributed by atoms with Gasteiger partial charge < -0.3 is 4.57 Å². The molecule has 0 amide bonds. The van der Waals surface area contributed by atoms with Gasteiger partial charge in [-0.15, -0.1) is 0 Å².